The molecule has 2 atom stereocenters. The van der Waals surface area contributed by atoms with Crippen molar-refractivity contribution in [3.63, 3.8) is 0 Å². The Balaban J connectivity index is 2.20. The van der Waals surface area contributed by atoms with Crippen LogP contribution >= 0.6 is 23.2 Å². The molecule has 17 heavy (non-hydrogen) atoms. The maximum Gasteiger partial charge on any atom is 0.155 e. The summed E-state index contributed by atoms with van der Waals surface area (Å²) in [5.41, 5.74) is 0.528. The first kappa shape index (κ1) is 13.0. The molecule has 1 aromatic carbocycles. The van der Waals surface area contributed by atoms with Gasteiger partial charge < -0.3 is 10.4 Å². The molecule has 2 rings (SSSR count). The van der Waals surface area contributed by atoms with Crippen LogP contribution in [0.5, 0.6) is 0 Å². The van der Waals surface area contributed by atoms with Gasteiger partial charge in [0.25, 0.3) is 0 Å². The van der Waals surface area contributed by atoms with E-state index in [1.807, 2.05) is 0 Å². The van der Waals surface area contributed by atoms with Crippen molar-refractivity contribution in [3.8, 4) is 0 Å². The van der Waals surface area contributed by atoms with Gasteiger partial charge in [-0.25, -0.2) is 8.42 Å². The summed E-state index contributed by atoms with van der Waals surface area (Å²) in [6, 6.07) is 4.48. The van der Waals surface area contributed by atoms with Gasteiger partial charge in [0.2, 0.25) is 0 Å². The molecule has 0 spiro atoms. The van der Waals surface area contributed by atoms with Crippen LogP contribution in [0.3, 0.4) is 0 Å². The molecule has 2 N–H and O–H groups in total. The first-order valence-corrected chi connectivity index (χ1v) is 7.56. The molecule has 1 fully saturated rings. The number of halogens is 2. The van der Waals surface area contributed by atoms with E-state index in [-0.39, 0.29) is 11.5 Å². The number of nitrogens with one attached hydrogen (secondary N) is 1. The lowest BCUT2D eigenvalue weighted by Gasteiger charge is -2.17. The molecule has 94 valence electrons. The minimum atomic E-state index is -3.18. The quantitative estimate of drug-likeness (QED) is 0.869. The number of rotatable bonds is 2. The van der Waals surface area contributed by atoms with Gasteiger partial charge in [0.15, 0.2) is 9.84 Å². The molecule has 1 saturated heterocycles. The van der Waals surface area contributed by atoms with E-state index < -0.39 is 22.0 Å². The molecule has 4 nitrogen and oxygen atoms in total. The van der Waals surface area contributed by atoms with E-state index >= 15 is 0 Å². The molecular formula is C10H11Cl2NO3S. The summed E-state index contributed by atoms with van der Waals surface area (Å²) in [4.78, 5) is 0. The van der Waals surface area contributed by atoms with E-state index in [2.05, 4.69) is 5.32 Å². The van der Waals surface area contributed by atoms with Gasteiger partial charge in [0.05, 0.1) is 39.4 Å². The number of benzene rings is 1. The normalized spacial score (nSPS) is 27.0. The van der Waals surface area contributed by atoms with E-state index in [1.54, 1.807) is 18.2 Å². The third kappa shape index (κ3) is 2.85. The van der Waals surface area contributed by atoms with E-state index in [9.17, 15) is 13.5 Å². The predicted octanol–water partition coefficient (Wildman–Crippen LogP) is 1.56. The fourth-order valence-corrected chi connectivity index (χ4v) is 3.88. The van der Waals surface area contributed by atoms with Crippen LogP contribution in [0.1, 0.15) is 0 Å². The standard InChI is InChI=1S/C10H11Cl2NO3S/c11-6-2-1-3-7(10(6)12)13-8-4-17(15,16)5-9(8)14/h1-3,8-9,13-14H,4-5H2/t8-,9-/m0/s1. The number of sulfone groups is 1. The second kappa shape index (κ2) is 4.65. The Morgan fingerprint density at radius 3 is 2.59 bits per heavy atom. The SMILES string of the molecule is O=S1(=O)C[C@H](Nc2cccc(Cl)c2Cl)[C@@H](O)C1. The topological polar surface area (TPSA) is 66.4 Å². The van der Waals surface area contributed by atoms with E-state index in [1.165, 1.54) is 0 Å². The lowest BCUT2D eigenvalue weighted by atomic mass is 10.2. The van der Waals surface area contributed by atoms with Gasteiger partial charge >= 0.3 is 0 Å². The summed E-state index contributed by atoms with van der Waals surface area (Å²) in [5.74, 6) is -0.320. The van der Waals surface area contributed by atoms with Gasteiger partial charge in [-0.3, -0.25) is 0 Å². The molecule has 1 aliphatic heterocycles. The fourth-order valence-electron chi connectivity index (χ4n) is 1.78. The van der Waals surface area contributed by atoms with Crippen LogP contribution in [0.2, 0.25) is 10.0 Å². The van der Waals surface area contributed by atoms with E-state index in [0.717, 1.165) is 0 Å². The summed E-state index contributed by atoms with van der Waals surface area (Å²) in [6.45, 7) is 0. The highest BCUT2D eigenvalue weighted by molar-refractivity contribution is 7.91. The molecule has 1 aromatic rings. The maximum atomic E-state index is 11.3. The van der Waals surface area contributed by atoms with Crippen LogP contribution in [0.25, 0.3) is 0 Å². The van der Waals surface area contributed by atoms with Crippen molar-refractivity contribution >= 4 is 38.7 Å². The maximum absolute atomic E-state index is 11.3. The van der Waals surface area contributed by atoms with Crippen LogP contribution in [0, 0.1) is 0 Å². The molecule has 7 heteroatoms. The summed E-state index contributed by atoms with van der Waals surface area (Å²) in [5, 5.41) is 13.2. The van der Waals surface area contributed by atoms with Crippen molar-refractivity contribution in [2.75, 3.05) is 16.8 Å². The highest BCUT2D eigenvalue weighted by Crippen LogP contribution is 2.31. The van der Waals surface area contributed by atoms with Crippen LogP contribution in [-0.2, 0) is 9.84 Å². The number of anilines is 1. The molecule has 0 amide bonds. The third-order valence-electron chi connectivity index (χ3n) is 2.62. The average molecular weight is 296 g/mol. The number of hydrogen-bond acceptors (Lipinski definition) is 4. The monoisotopic (exact) mass is 295 g/mol. The lowest BCUT2D eigenvalue weighted by molar-refractivity contribution is 0.190. The zero-order valence-electron chi connectivity index (χ0n) is 8.73. The molecule has 1 aliphatic rings. The molecule has 1 heterocycles. The Kier molecular flexibility index (Phi) is 3.54. The van der Waals surface area contributed by atoms with Crippen molar-refractivity contribution < 1.29 is 13.5 Å². The molecule has 0 bridgehead atoms. The van der Waals surface area contributed by atoms with Crippen LogP contribution in [0.15, 0.2) is 18.2 Å². The molecule has 0 unspecified atom stereocenters. The molecule has 0 aromatic heterocycles. The summed E-state index contributed by atoms with van der Waals surface area (Å²) >= 11 is 11.8. The molecular weight excluding hydrogens is 285 g/mol. The van der Waals surface area contributed by atoms with Gasteiger partial charge in [0.1, 0.15) is 0 Å². The van der Waals surface area contributed by atoms with Gasteiger partial charge in [-0.05, 0) is 12.1 Å². The van der Waals surface area contributed by atoms with Crippen LogP contribution < -0.4 is 5.32 Å². The number of hydrogen-bond donors (Lipinski definition) is 2. The zero-order valence-corrected chi connectivity index (χ0v) is 11.1. The Morgan fingerprint density at radius 1 is 1.29 bits per heavy atom. The summed E-state index contributed by atoms with van der Waals surface area (Å²) < 4.78 is 22.7. The highest BCUT2D eigenvalue weighted by Gasteiger charge is 2.36. The highest BCUT2D eigenvalue weighted by atomic mass is 35.5. The Bertz CT molecular complexity index is 532. The zero-order chi connectivity index (χ0) is 12.6. The first-order chi connectivity index (χ1) is 7.89. The Hall–Kier alpha value is -0.490. The van der Waals surface area contributed by atoms with Crippen molar-refractivity contribution in [1.82, 2.24) is 0 Å². The first-order valence-electron chi connectivity index (χ1n) is 4.98. The number of aliphatic hydroxyl groups is 1. The van der Waals surface area contributed by atoms with Crippen molar-refractivity contribution in [3.05, 3.63) is 28.2 Å². The minimum Gasteiger partial charge on any atom is -0.390 e. The molecule has 0 aliphatic carbocycles. The Labute approximate surface area is 109 Å². The van der Waals surface area contributed by atoms with E-state index in [4.69, 9.17) is 23.2 Å². The van der Waals surface area contributed by atoms with Gasteiger partial charge in [-0.15, -0.1) is 0 Å². The van der Waals surface area contributed by atoms with E-state index in [0.29, 0.717) is 15.7 Å². The predicted molar refractivity (Wildman–Crippen MR) is 68.5 cm³/mol. The van der Waals surface area contributed by atoms with Crippen LogP contribution in [0.4, 0.5) is 5.69 Å². The molecule has 0 radical (unpaired) electrons. The Morgan fingerprint density at radius 2 is 2.00 bits per heavy atom. The van der Waals surface area contributed by atoms with Crippen LogP contribution in [-0.4, -0.2) is 37.2 Å². The minimum absolute atomic E-state index is 0.100. The average Bonchev–Trinajstić information content (AvgIpc) is 2.47. The summed E-state index contributed by atoms with van der Waals surface area (Å²) in [6.07, 6.45) is -0.921. The molecule has 0 saturated carbocycles. The van der Waals surface area contributed by atoms with Gasteiger partial charge in [0, 0.05) is 0 Å². The van der Waals surface area contributed by atoms with Crippen molar-refractivity contribution in [1.29, 1.82) is 0 Å². The van der Waals surface area contributed by atoms with Crippen molar-refractivity contribution in [2.24, 2.45) is 0 Å². The smallest absolute Gasteiger partial charge is 0.155 e. The largest absolute Gasteiger partial charge is 0.390 e. The summed E-state index contributed by atoms with van der Waals surface area (Å²) in [7, 11) is -3.18. The number of aliphatic hydroxyl groups excluding tert-OH is 1. The lowest BCUT2D eigenvalue weighted by Crippen LogP contribution is -2.31. The van der Waals surface area contributed by atoms with Crippen molar-refractivity contribution in [2.45, 2.75) is 12.1 Å². The third-order valence-corrected chi connectivity index (χ3v) is 5.15. The fraction of sp³-hybridized carbons (Fsp3) is 0.400. The van der Waals surface area contributed by atoms with Gasteiger partial charge in [-0.1, -0.05) is 29.3 Å². The van der Waals surface area contributed by atoms with Gasteiger partial charge in [-0.2, -0.15) is 0 Å². The second-order valence-corrected chi connectivity index (χ2v) is 6.94. The second-order valence-electron chi connectivity index (χ2n) is 4.00.